The molecular formula is C21H28N4O5S. The van der Waals surface area contributed by atoms with Crippen LogP contribution in [0.4, 0.5) is 16.2 Å². The number of benzene rings is 2. The van der Waals surface area contributed by atoms with Crippen LogP contribution in [0, 0.1) is 13.8 Å². The lowest BCUT2D eigenvalue weighted by Gasteiger charge is -2.18. The third kappa shape index (κ3) is 5.96. The van der Waals surface area contributed by atoms with Gasteiger partial charge in [0.25, 0.3) is 0 Å². The van der Waals surface area contributed by atoms with Crippen LogP contribution in [-0.2, 0) is 14.8 Å². The minimum Gasteiger partial charge on any atom is -0.495 e. The fourth-order valence-corrected chi connectivity index (χ4v) is 3.88. The average molecular weight is 449 g/mol. The number of methoxy groups -OCH3 is 1. The summed E-state index contributed by atoms with van der Waals surface area (Å²) in [6.07, 6.45) is 0. The third-order valence-corrected chi connectivity index (χ3v) is 6.40. The Hall–Kier alpha value is -3.11. The normalized spacial score (nSPS) is 12.2. The first-order valence-electron chi connectivity index (χ1n) is 9.52. The van der Waals surface area contributed by atoms with Crippen LogP contribution in [0.2, 0.25) is 0 Å². The van der Waals surface area contributed by atoms with E-state index in [1.54, 1.807) is 19.1 Å². The highest BCUT2D eigenvalue weighted by Crippen LogP contribution is 2.29. The summed E-state index contributed by atoms with van der Waals surface area (Å²) in [4.78, 5) is 24.6. The second-order valence-electron chi connectivity index (χ2n) is 7.28. The molecule has 0 spiro atoms. The van der Waals surface area contributed by atoms with Gasteiger partial charge in [-0.2, -0.15) is 0 Å². The molecule has 0 heterocycles. The molecule has 2 aromatic carbocycles. The number of aryl methyl sites for hydroxylation is 2. The van der Waals surface area contributed by atoms with Crippen molar-refractivity contribution in [2.24, 2.45) is 0 Å². The number of nitrogens with zero attached hydrogens (tertiary/aromatic N) is 1. The van der Waals surface area contributed by atoms with Crippen molar-refractivity contribution in [1.82, 2.24) is 9.62 Å². The molecule has 0 saturated heterocycles. The average Bonchev–Trinajstić information content (AvgIpc) is 2.69. The zero-order valence-electron chi connectivity index (χ0n) is 18.4. The number of urea groups is 1. The molecule has 0 bridgehead atoms. The highest BCUT2D eigenvalue weighted by Gasteiger charge is 2.24. The summed E-state index contributed by atoms with van der Waals surface area (Å²) in [6, 6.07) is 8.55. The molecular weight excluding hydrogens is 420 g/mol. The molecule has 0 radical (unpaired) electrons. The number of sulfonamides is 1. The number of imide groups is 1. The molecule has 0 aliphatic carbocycles. The molecule has 0 aliphatic rings. The van der Waals surface area contributed by atoms with Crippen LogP contribution >= 0.6 is 0 Å². The molecule has 31 heavy (non-hydrogen) atoms. The van der Waals surface area contributed by atoms with Crippen molar-refractivity contribution in [1.29, 1.82) is 0 Å². The minimum absolute atomic E-state index is 0.0369. The summed E-state index contributed by atoms with van der Waals surface area (Å²) in [7, 11) is 0.453. The van der Waals surface area contributed by atoms with Gasteiger partial charge in [-0.05, 0) is 50.6 Å². The van der Waals surface area contributed by atoms with Gasteiger partial charge in [0.2, 0.25) is 15.9 Å². The maximum absolute atomic E-state index is 12.5. The van der Waals surface area contributed by atoms with Crippen molar-refractivity contribution in [2.75, 3.05) is 31.8 Å². The summed E-state index contributed by atoms with van der Waals surface area (Å²) in [5.41, 5.74) is 2.93. The second-order valence-corrected chi connectivity index (χ2v) is 9.40. The number of carbonyl (C=O) groups is 2. The van der Waals surface area contributed by atoms with Crippen LogP contribution in [0.1, 0.15) is 18.1 Å². The lowest BCUT2D eigenvalue weighted by molar-refractivity contribution is -0.120. The number of amides is 3. The van der Waals surface area contributed by atoms with Gasteiger partial charge in [0, 0.05) is 25.5 Å². The molecule has 0 saturated carbocycles. The Labute approximate surface area is 182 Å². The van der Waals surface area contributed by atoms with Crippen molar-refractivity contribution in [2.45, 2.75) is 31.7 Å². The Kier molecular flexibility index (Phi) is 7.64. The van der Waals surface area contributed by atoms with Crippen LogP contribution in [0.15, 0.2) is 41.3 Å². The third-order valence-electron chi connectivity index (χ3n) is 4.57. The number of hydrogen-bond acceptors (Lipinski definition) is 6. The largest absolute Gasteiger partial charge is 0.495 e. The first kappa shape index (κ1) is 24.2. The van der Waals surface area contributed by atoms with Gasteiger partial charge in [-0.3, -0.25) is 10.1 Å². The highest BCUT2D eigenvalue weighted by molar-refractivity contribution is 7.89. The molecule has 3 N–H and O–H groups in total. The molecule has 0 aliphatic heterocycles. The van der Waals surface area contributed by atoms with Gasteiger partial charge >= 0.3 is 6.03 Å². The Bertz CT molecular complexity index is 1080. The highest BCUT2D eigenvalue weighted by atomic mass is 32.2. The van der Waals surface area contributed by atoms with E-state index in [1.807, 2.05) is 26.0 Å². The Morgan fingerprint density at radius 2 is 1.74 bits per heavy atom. The van der Waals surface area contributed by atoms with Gasteiger partial charge in [0.05, 0.1) is 7.11 Å². The number of carbonyl (C=O) groups excluding carboxylic acids is 2. The number of rotatable bonds is 7. The van der Waals surface area contributed by atoms with Crippen LogP contribution in [0.3, 0.4) is 0 Å². The summed E-state index contributed by atoms with van der Waals surface area (Å²) in [5.74, 6) is -0.390. The lowest BCUT2D eigenvalue weighted by Crippen LogP contribution is -2.43. The van der Waals surface area contributed by atoms with E-state index in [1.165, 1.54) is 33.3 Å². The quantitative estimate of drug-likeness (QED) is 0.600. The standard InChI is InChI=1S/C21H28N4O5S/c1-13-7-9-17(14(2)11-13)23-21(27)24-20(26)15(3)22-16-8-10-18(30-6)19(12-16)31(28,29)25(4)5/h7-12,15,22H,1-6H3,(H2,23,24,26,27)/t15-/m1/s1. The maximum Gasteiger partial charge on any atom is 0.325 e. The van der Waals surface area contributed by atoms with Crippen molar-refractivity contribution in [3.05, 3.63) is 47.5 Å². The lowest BCUT2D eigenvalue weighted by atomic mass is 10.1. The molecule has 3 amide bonds. The van der Waals surface area contributed by atoms with E-state index in [2.05, 4.69) is 16.0 Å². The monoisotopic (exact) mass is 448 g/mol. The van der Waals surface area contributed by atoms with Crippen molar-refractivity contribution < 1.29 is 22.7 Å². The molecule has 9 nitrogen and oxygen atoms in total. The first-order chi connectivity index (χ1) is 14.4. The van der Waals surface area contributed by atoms with Gasteiger partial charge in [-0.25, -0.2) is 17.5 Å². The molecule has 0 fully saturated rings. The molecule has 0 unspecified atom stereocenters. The number of ether oxygens (including phenoxy) is 1. The molecule has 0 aromatic heterocycles. The Morgan fingerprint density at radius 3 is 2.32 bits per heavy atom. The van der Waals surface area contributed by atoms with Gasteiger partial charge in [0.15, 0.2) is 0 Å². The van der Waals surface area contributed by atoms with Crippen molar-refractivity contribution >= 4 is 33.3 Å². The molecule has 2 rings (SSSR count). The van der Waals surface area contributed by atoms with Gasteiger partial charge in [-0.15, -0.1) is 0 Å². The Balaban J connectivity index is 2.09. The Morgan fingerprint density at radius 1 is 1.06 bits per heavy atom. The summed E-state index contributed by atoms with van der Waals surface area (Å²) in [5, 5.41) is 7.82. The molecule has 10 heteroatoms. The summed E-state index contributed by atoms with van der Waals surface area (Å²) < 4.78 is 31.3. The summed E-state index contributed by atoms with van der Waals surface area (Å²) >= 11 is 0. The number of nitrogens with one attached hydrogen (secondary N) is 3. The molecule has 1 atom stereocenters. The van der Waals surface area contributed by atoms with E-state index in [0.29, 0.717) is 11.4 Å². The molecule has 2 aromatic rings. The van der Waals surface area contributed by atoms with Gasteiger partial charge in [-0.1, -0.05) is 17.7 Å². The van der Waals surface area contributed by atoms with E-state index in [4.69, 9.17) is 4.74 Å². The smallest absolute Gasteiger partial charge is 0.325 e. The van der Waals surface area contributed by atoms with Gasteiger partial charge in [0.1, 0.15) is 16.7 Å². The predicted octanol–water partition coefficient (Wildman–Crippen LogP) is 2.71. The van der Waals surface area contributed by atoms with Crippen molar-refractivity contribution in [3.8, 4) is 5.75 Å². The van der Waals surface area contributed by atoms with Crippen molar-refractivity contribution in [3.63, 3.8) is 0 Å². The van der Waals surface area contributed by atoms with Crippen LogP contribution in [0.5, 0.6) is 5.75 Å². The van der Waals surface area contributed by atoms with E-state index in [0.717, 1.165) is 15.4 Å². The number of anilines is 2. The van der Waals surface area contributed by atoms with E-state index in [-0.39, 0.29) is 10.6 Å². The summed E-state index contributed by atoms with van der Waals surface area (Å²) in [6.45, 7) is 5.36. The fraction of sp³-hybridized carbons (Fsp3) is 0.333. The van der Waals surface area contributed by atoms with E-state index in [9.17, 15) is 18.0 Å². The number of hydrogen-bond donors (Lipinski definition) is 3. The maximum atomic E-state index is 12.5. The second kappa shape index (κ2) is 9.80. The van der Waals surface area contributed by atoms with Crippen LogP contribution in [-0.4, -0.2) is 51.9 Å². The fourth-order valence-electron chi connectivity index (χ4n) is 2.81. The van der Waals surface area contributed by atoms with E-state index < -0.39 is 28.0 Å². The minimum atomic E-state index is -3.76. The van der Waals surface area contributed by atoms with E-state index >= 15 is 0 Å². The first-order valence-corrected chi connectivity index (χ1v) is 11.0. The zero-order chi connectivity index (χ0) is 23.3. The molecule has 168 valence electrons. The van der Waals surface area contributed by atoms with Gasteiger partial charge < -0.3 is 15.4 Å². The predicted molar refractivity (Wildman–Crippen MR) is 120 cm³/mol. The van der Waals surface area contributed by atoms with Crippen LogP contribution < -0.4 is 20.7 Å². The zero-order valence-corrected chi connectivity index (χ0v) is 19.3. The topological polar surface area (TPSA) is 117 Å². The van der Waals surface area contributed by atoms with Crippen LogP contribution in [0.25, 0.3) is 0 Å². The SMILES string of the molecule is COc1ccc(N[C@H](C)C(=O)NC(=O)Nc2ccc(C)cc2C)cc1S(=O)(=O)N(C)C.